The minimum atomic E-state index is -4.80. The molecule has 2 aliphatic heterocycles. The molecule has 2 aromatic carbocycles. The Morgan fingerprint density at radius 2 is 1.76 bits per heavy atom. The number of rotatable bonds is 14. The Kier molecular flexibility index (Phi) is 11.3. The second-order valence-electron chi connectivity index (χ2n) is 13.6. The van der Waals surface area contributed by atoms with Crippen molar-refractivity contribution in [1.82, 2.24) is 0 Å². The van der Waals surface area contributed by atoms with Gasteiger partial charge in [-0.25, -0.2) is 8.42 Å². The van der Waals surface area contributed by atoms with Gasteiger partial charge in [0.2, 0.25) is 5.69 Å². The van der Waals surface area contributed by atoms with Gasteiger partial charge in [-0.15, -0.1) is 0 Å². The zero-order valence-electron chi connectivity index (χ0n) is 28.9. The molecule has 0 fully saturated rings. The quantitative estimate of drug-likeness (QED) is 0.168. The molecular weight excluding hydrogens is 669 g/mol. The molecule has 13 heteroatoms. The van der Waals surface area contributed by atoms with E-state index in [1.165, 1.54) is 18.2 Å². The number of ether oxygens (including phenoxy) is 1. The number of carboxylic acid groups (broad SMARTS) is 1. The van der Waals surface area contributed by atoms with Crippen LogP contribution >= 0.6 is 0 Å². The second-order valence-corrected chi connectivity index (χ2v) is 16.5. The largest absolute Gasteiger partial charge is 0.744 e. The van der Waals surface area contributed by atoms with Crippen LogP contribution < -0.4 is 9.64 Å². The lowest BCUT2D eigenvalue weighted by Gasteiger charge is -2.30. The fraction of sp³-hybridized carbons (Fsp3) is 0.444. The van der Waals surface area contributed by atoms with E-state index in [2.05, 4.69) is 51.7 Å². The molecule has 0 radical (unpaired) electrons. The summed E-state index contributed by atoms with van der Waals surface area (Å²) in [6, 6.07) is 10.3. The molecule has 0 saturated carbocycles. The number of benzene rings is 2. The maximum atomic E-state index is 12.0. The molecule has 266 valence electrons. The first-order valence-corrected chi connectivity index (χ1v) is 19.4. The van der Waals surface area contributed by atoms with Gasteiger partial charge in [-0.1, -0.05) is 26.8 Å². The van der Waals surface area contributed by atoms with Gasteiger partial charge >= 0.3 is 5.97 Å². The second kappa shape index (κ2) is 14.6. The summed E-state index contributed by atoms with van der Waals surface area (Å²) in [5.74, 6) is -0.156. The lowest BCUT2D eigenvalue weighted by molar-refractivity contribution is -0.437. The van der Waals surface area contributed by atoms with Gasteiger partial charge in [0.05, 0.1) is 16.1 Å². The Balaban J connectivity index is 1.84. The number of fused-ring (bicyclic) bond motifs is 2. The van der Waals surface area contributed by atoms with Gasteiger partial charge in [0.25, 0.3) is 10.1 Å². The van der Waals surface area contributed by atoms with Crippen LogP contribution in [-0.2, 0) is 30.4 Å². The van der Waals surface area contributed by atoms with E-state index in [1.807, 2.05) is 35.8 Å². The van der Waals surface area contributed by atoms with Gasteiger partial charge in [0.15, 0.2) is 5.71 Å². The standard InChI is InChI=1S/C36H46N2O9S2/c1-7-37(8-2)25-15-17-28-29(35(3,4)5)23-26(47-32(28)22-25)12-9-13-33-36(6,19-10-14-34(39)40)30-24-27(49(44,45)46)16-18-31(30)38(33)20-11-21-48(41,42)43/h9,12-13,15-18,22-24H,7-8,10-11,14,19-21H2,1-6H3,(H2-,39,40,41,42,43,44,45,46). The van der Waals surface area contributed by atoms with E-state index in [0.717, 1.165) is 35.7 Å². The van der Waals surface area contributed by atoms with Gasteiger partial charge < -0.3 is 19.3 Å². The predicted octanol–water partition coefficient (Wildman–Crippen LogP) is 6.29. The highest BCUT2D eigenvalue weighted by Gasteiger charge is 2.47. The maximum Gasteiger partial charge on any atom is 0.303 e. The summed E-state index contributed by atoms with van der Waals surface area (Å²) < 4.78 is 76.9. The number of carboxylic acids is 1. The minimum absolute atomic E-state index is 0.0515. The maximum absolute atomic E-state index is 12.0. The van der Waals surface area contributed by atoms with Crippen molar-refractivity contribution in [3.8, 4) is 5.75 Å². The minimum Gasteiger partial charge on any atom is -0.744 e. The van der Waals surface area contributed by atoms with Crippen LogP contribution in [0.1, 0.15) is 78.4 Å². The van der Waals surface area contributed by atoms with E-state index in [-0.39, 0.29) is 31.2 Å². The Hall–Kier alpha value is -3.78. The molecule has 0 saturated heterocycles. The molecule has 0 bridgehead atoms. The van der Waals surface area contributed by atoms with E-state index in [9.17, 15) is 35.8 Å². The Bertz CT molecular complexity index is 1950. The number of hydrogen-bond acceptors (Lipinski definition) is 8. The summed E-state index contributed by atoms with van der Waals surface area (Å²) in [5, 5.41) is 9.38. The number of carbonyl (C=O) groups is 1. The van der Waals surface area contributed by atoms with E-state index < -0.39 is 42.3 Å². The molecule has 0 aliphatic carbocycles. The average Bonchev–Trinajstić information content (AvgIpc) is 3.22. The van der Waals surface area contributed by atoms with Gasteiger partial charge in [-0.3, -0.25) is 9.35 Å². The third-order valence-corrected chi connectivity index (χ3v) is 10.7. The number of nitrogens with zero attached hydrogens (tertiary/aromatic N) is 2. The first-order valence-electron chi connectivity index (χ1n) is 16.4. The van der Waals surface area contributed by atoms with Crippen molar-refractivity contribution in [2.24, 2.45) is 5.41 Å². The highest BCUT2D eigenvalue weighted by molar-refractivity contribution is 7.86. The first-order chi connectivity index (χ1) is 22.8. The van der Waals surface area contributed by atoms with E-state index in [0.29, 0.717) is 29.1 Å². The summed E-state index contributed by atoms with van der Waals surface area (Å²) in [6.07, 6.45) is 7.91. The van der Waals surface area contributed by atoms with Crippen LogP contribution in [0.3, 0.4) is 0 Å². The molecule has 2 heterocycles. The Morgan fingerprint density at radius 1 is 1.06 bits per heavy atom. The van der Waals surface area contributed by atoms with Gasteiger partial charge in [0, 0.05) is 61.0 Å². The molecule has 2 aliphatic rings. The average molecular weight is 715 g/mol. The van der Waals surface area contributed by atoms with Crippen molar-refractivity contribution in [1.29, 1.82) is 0 Å². The fourth-order valence-corrected chi connectivity index (χ4v) is 7.60. The van der Waals surface area contributed by atoms with Crippen LogP contribution in [0.4, 0.5) is 11.4 Å². The van der Waals surface area contributed by atoms with Crippen LogP contribution in [-0.4, -0.2) is 72.7 Å². The van der Waals surface area contributed by atoms with Crippen molar-refractivity contribution in [2.45, 2.75) is 77.5 Å². The molecule has 1 unspecified atom stereocenters. The predicted molar refractivity (Wildman–Crippen MR) is 189 cm³/mol. The Labute approximate surface area is 289 Å². The summed E-state index contributed by atoms with van der Waals surface area (Å²) in [4.78, 5) is 13.3. The topological polar surface area (TPSA) is 164 Å². The van der Waals surface area contributed by atoms with E-state index >= 15 is 0 Å². The molecule has 4 rings (SSSR count). The highest BCUT2D eigenvalue weighted by Crippen LogP contribution is 2.46. The monoisotopic (exact) mass is 714 g/mol. The molecular formula is C36H46N2O9S2. The lowest BCUT2D eigenvalue weighted by atomic mass is 9.75. The van der Waals surface area contributed by atoms with Crippen LogP contribution in [0.25, 0.3) is 5.57 Å². The van der Waals surface area contributed by atoms with Gasteiger partial charge in [-0.2, -0.15) is 13.0 Å². The molecule has 1 atom stereocenters. The normalized spacial score (nSPS) is 18.8. The van der Waals surface area contributed by atoms with Gasteiger partial charge in [-0.05, 0) is 81.0 Å². The summed E-state index contributed by atoms with van der Waals surface area (Å²) >= 11 is 0. The summed E-state index contributed by atoms with van der Waals surface area (Å²) in [7, 11) is -9.05. The third-order valence-electron chi connectivity index (χ3n) is 9.07. The lowest BCUT2D eigenvalue weighted by Crippen LogP contribution is -2.32. The molecule has 0 spiro atoms. The fourth-order valence-electron chi connectivity index (χ4n) is 6.61. The molecule has 2 aromatic rings. The van der Waals surface area contributed by atoms with Crippen molar-refractivity contribution in [2.75, 3.05) is 30.3 Å². The van der Waals surface area contributed by atoms with Crippen molar-refractivity contribution in [3.05, 3.63) is 77.6 Å². The number of anilines is 1. The number of allylic oxidation sites excluding steroid dienone is 5. The molecule has 2 N–H and O–H groups in total. The Morgan fingerprint density at radius 3 is 2.35 bits per heavy atom. The van der Waals surface area contributed by atoms with Crippen molar-refractivity contribution in [3.63, 3.8) is 0 Å². The van der Waals surface area contributed by atoms with Crippen LogP contribution in [0.5, 0.6) is 5.75 Å². The van der Waals surface area contributed by atoms with E-state index in [4.69, 9.17) is 4.74 Å². The number of hydrogen-bond donors (Lipinski definition) is 2. The summed E-state index contributed by atoms with van der Waals surface area (Å²) in [5.41, 5.74) is 3.73. The zero-order valence-corrected chi connectivity index (χ0v) is 30.5. The number of aliphatic carboxylic acids is 1. The molecule has 0 aromatic heterocycles. The van der Waals surface area contributed by atoms with Crippen LogP contribution in [0.15, 0.2) is 71.4 Å². The first kappa shape index (κ1) is 38.0. The SMILES string of the molecule is CCN(CC)c1ccc2c(c1)O/C(=C\C=C\C1=[N+](CCCS(=O)(=O)O)c3ccc(S(=O)(=O)[O-])cc3C1(C)CCCC(=O)O)C=C2C(C)(C)C. The summed E-state index contributed by atoms with van der Waals surface area (Å²) in [6.45, 7) is 14.3. The highest BCUT2D eigenvalue weighted by atomic mass is 32.2. The zero-order chi connectivity index (χ0) is 36.4. The van der Waals surface area contributed by atoms with Crippen molar-refractivity contribution < 1.29 is 45.2 Å². The smallest absolute Gasteiger partial charge is 0.303 e. The van der Waals surface area contributed by atoms with Gasteiger partial charge in [0.1, 0.15) is 28.2 Å². The third kappa shape index (κ3) is 8.88. The molecule has 49 heavy (non-hydrogen) atoms. The van der Waals surface area contributed by atoms with Crippen molar-refractivity contribution >= 4 is 48.9 Å². The van der Waals surface area contributed by atoms with Crippen LogP contribution in [0.2, 0.25) is 0 Å². The molecule has 11 nitrogen and oxygen atoms in total. The van der Waals surface area contributed by atoms with Crippen LogP contribution in [0, 0.1) is 5.41 Å². The molecule has 0 amide bonds. The van der Waals surface area contributed by atoms with E-state index in [1.54, 1.807) is 6.08 Å².